The van der Waals surface area contributed by atoms with Crippen molar-refractivity contribution in [1.82, 2.24) is 15.1 Å². The Hall–Kier alpha value is -2.60. The van der Waals surface area contributed by atoms with E-state index in [9.17, 15) is 9.59 Å². The average molecular weight is 369 g/mol. The highest BCUT2D eigenvalue weighted by atomic mass is 16.3. The van der Waals surface area contributed by atoms with Gasteiger partial charge in [0.15, 0.2) is 0 Å². The van der Waals surface area contributed by atoms with Gasteiger partial charge in [-0.1, -0.05) is 29.8 Å². The third-order valence-corrected chi connectivity index (χ3v) is 4.88. The number of carbonyl (C=O) groups excluding carboxylic acids is 2. The average Bonchev–Trinajstić information content (AvgIpc) is 3.11. The van der Waals surface area contributed by atoms with E-state index < -0.39 is 0 Å². The molecule has 0 spiro atoms. The number of nitrogens with zero attached hydrogens (tertiary/aromatic N) is 2. The summed E-state index contributed by atoms with van der Waals surface area (Å²) in [5, 5.41) is 2.76. The SMILES string of the molecule is Cc1ccc(CN2CCCN(C(=O)CCNC(=O)c3ccoc3)CC2)cc1. The molecule has 6 heteroatoms. The minimum atomic E-state index is -0.211. The first-order valence-corrected chi connectivity index (χ1v) is 9.48. The van der Waals surface area contributed by atoms with Gasteiger partial charge in [-0.15, -0.1) is 0 Å². The zero-order valence-electron chi connectivity index (χ0n) is 15.8. The quantitative estimate of drug-likeness (QED) is 0.849. The highest BCUT2D eigenvalue weighted by molar-refractivity contribution is 5.94. The van der Waals surface area contributed by atoms with E-state index >= 15 is 0 Å². The minimum Gasteiger partial charge on any atom is -0.472 e. The summed E-state index contributed by atoms with van der Waals surface area (Å²) >= 11 is 0. The third-order valence-electron chi connectivity index (χ3n) is 4.88. The molecular weight excluding hydrogens is 342 g/mol. The fourth-order valence-corrected chi connectivity index (χ4v) is 3.27. The van der Waals surface area contributed by atoms with Crippen molar-refractivity contribution in [2.75, 3.05) is 32.7 Å². The van der Waals surface area contributed by atoms with Crippen LogP contribution in [0.5, 0.6) is 0 Å². The minimum absolute atomic E-state index is 0.0969. The Morgan fingerprint density at radius 2 is 1.89 bits per heavy atom. The second-order valence-electron chi connectivity index (χ2n) is 7.01. The molecule has 1 N–H and O–H groups in total. The summed E-state index contributed by atoms with van der Waals surface area (Å²) in [7, 11) is 0. The molecule has 0 saturated carbocycles. The van der Waals surface area contributed by atoms with Gasteiger partial charge < -0.3 is 14.6 Å². The van der Waals surface area contributed by atoms with Crippen LogP contribution >= 0.6 is 0 Å². The summed E-state index contributed by atoms with van der Waals surface area (Å²) in [6, 6.07) is 10.2. The van der Waals surface area contributed by atoms with Crippen molar-refractivity contribution in [3.8, 4) is 0 Å². The number of aryl methyl sites for hydroxylation is 1. The van der Waals surface area contributed by atoms with Gasteiger partial charge in [-0.05, 0) is 25.0 Å². The van der Waals surface area contributed by atoms with Crippen LogP contribution in [0.2, 0.25) is 0 Å². The lowest BCUT2D eigenvalue weighted by atomic mass is 10.1. The molecule has 2 amide bonds. The summed E-state index contributed by atoms with van der Waals surface area (Å²) in [6.45, 7) is 6.74. The maximum absolute atomic E-state index is 12.5. The number of rotatable bonds is 6. The second kappa shape index (κ2) is 9.37. The molecule has 1 aromatic carbocycles. The van der Waals surface area contributed by atoms with E-state index in [-0.39, 0.29) is 11.8 Å². The molecule has 0 aliphatic carbocycles. The van der Waals surface area contributed by atoms with Crippen molar-refractivity contribution in [2.45, 2.75) is 26.3 Å². The predicted molar refractivity (Wildman–Crippen MR) is 103 cm³/mol. The topological polar surface area (TPSA) is 65.8 Å². The maximum atomic E-state index is 12.5. The zero-order chi connectivity index (χ0) is 19.1. The van der Waals surface area contributed by atoms with Crippen LogP contribution in [0.1, 0.15) is 34.3 Å². The number of hydrogen-bond acceptors (Lipinski definition) is 4. The first-order valence-electron chi connectivity index (χ1n) is 9.48. The molecular formula is C21H27N3O3. The molecule has 0 bridgehead atoms. The molecule has 1 aromatic heterocycles. The summed E-state index contributed by atoms with van der Waals surface area (Å²) in [5.41, 5.74) is 3.05. The van der Waals surface area contributed by atoms with Gasteiger partial charge in [0.2, 0.25) is 5.91 Å². The van der Waals surface area contributed by atoms with E-state index in [0.29, 0.717) is 18.5 Å². The molecule has 0 radical (unpaired) electrons. The molecule has 0 unspecified atom stereocenters. The molecule has 2 aromatic rings. The summed E-state index contributed by atoms with van der Waals surface area (Å²) < 4.78 is 4.89. The Morgan fingerprint density at radius 3 is 2.63 bits per heavy atom. The number of nitrogens with one attached hydrogen (secondary N) is 1. The second-order valence-corrected chi connectivity index (χ2v) is 7.01. The van der Waals surface area contributed by atoms with Crippen molar-refractivity contribution in [2.24, 2.45) is 0 Å². The van der Waals surface area contributed by atoms with Gasteiger partial charge in [0.05, 0.1) is 11.8 Å². The Balaban J connectivity index is 1.41. The van der Waals surface area contributed by atoms with Crippen LogP contribution in [0, 0.1) is 6.92 Å². The van der Waals surface area contributed by atoms with Crippen molar-refractivity contribution in [1.29, 1.82) is 0 Å². The molecule has 27 heavy (non-hydrogen) atoms. The summed E-state index contributed by atoms with van der Waals surface area (Å²) in [5.74, 6) is -0.114. The highest BCUT2D eigenvalue weighted by Gasteiger charge is 2.19. The Kier molecular flexibility index (Phi) is 6.65. The smallest absolute Gasteiger partial charge is 0.254 e. The van der Waals surface area contributed by atoms with Crippen LogP contribution in [0.4, 0.5) is 0 Å². The Morgan fingerprint density at radius 1 is 1.07 bits per heavy atom. The number of hydrogen-bond donors (Lipinski definition) is 1. The maximum Gasteiger partial charge on any atom is 0.254 e. The fraction of sp³-hybridized carbons (Fsp3) is 0.429. The molecule has 0 atom stereocenters. The van der Waals surface area contributed by atoms with Crippen LogP contribution in [-0.2, 0) is 11.3 Å². The van der Waals surface area contributed by atoms with Crippen LogP contribution < -0.4 is 5.32 Å². The molecule has 6 nitrogen and oxygen atoms in total. The fourth-order valence-electron chi connectivity index (χ4n) is 3.27. The molecule has 1 fully saturated rings. The van der Waals surface area contributed by atoms with Gasteiger partial charge in [-0.25, -0.2) is 0 Å². The first-order chi connectivity index (χ1) is 13.1. The monoisotopic (exact) mass is 369 g/mol. The van der Waals surface area contributed by atoms with Crippen LogP contribution in [0.25, 0.3) is 0 Å². The van der Waals surface area contributed by atoms with Gasteiger partial charge in [0.25, 0.3) is 5.91 Å². The van der Waals surface area contributed by atoms with E-state index in [0.717, 1.165) is 39.1 Å². The summed E-state index contributed by atoms with van der Waals surface area (Å²) in [4.78, 5) is 28.6. The van der Waals surface area contributed by atoms with Gasteiger partial charge in [-0.3, -0.25) is 14.5 Å². The van der Waals surface area contributed by atoms with Gasteiger partial charge in [0.1, 0.15) is 6.26 Å². The molecule has 1 aliphatic rings. The largest absolute Gasteiger partial charge is 0.472 e. The Bertz CT molecular complexity index is 741. The van der Waals surface area contributed by atoms with Crippen LogP contribution in [-0.4, -0.2) is 54.3 Å². The lowest BCUT2D eigenvalue weighted by Gasteiger charge is -2.22. The lowest BCUT2D eigenvalue weighted by Crippen LogP contribution is -2.37. The highest BCUT2D eigenvalue weighted by Crippen LogP contribution is 2.11. The Labute approximate surface area is 160 Å². The van der Waals surface area contributed by atoms with E-state index in [2.05, 4.69) is 41.4 Å². The number of carbonyl (C=O) groups is 2. The number of amides is 2. The van der Waals surface area contributed by atoms with Crippen LogP contribution in [0.3, 0.4) is 0 Å². The van der Waals surface area contributed by atoms with Gasteiger partial charge in [-0.2, -0.15) is 0 Å². The zero-order valence-corrected chi connectivity index (χ0v) is 15.8. The summed E-state index contributed by atoms with van der Waals surface area (Å²) in [6.07, 6.45) is 4.15. The van der Waals surface area contributed by atoms with Gasteiger partial charge >= 0.3 is 0 Å². The van der Waals surface area contributed by atoms with Crippen LogP contribution in [0.15, 0.2) is 47.3 Å². The van der Waals surface area contributed by atoms with Crippen molar-refractivity contribution >= 4 is 11.8 Å². The van der Waals surface area contributed by atoms with E-state index in [1.807, 2.05) is 4.90 Å². The molecule has 144 valence electrons. The van der Waals surface area contributed by atoms with Crippen molar-refractivity contribution in [3.05, 3.63) is 59.5 Å². The normalized spacial score (nSPS) is 15.4. The van der Waals surface area contributed by atoms with E-state index in [1.165, 1.54) is 23.7 Å². The molecule has 2 heterocycles. The standard InChI is InChI=1S/C21H27N3O3/c1-17-3-5-18(6-4-17)15-23-10-2-11-24(13-12-23)20(25)7-9-22-21(26)19-8-14-27-16-19/h3-6,8,14,16H,2,7,9-13,15H2,1H3,(H,22,26). The third kappa shape index (κ3) is 5.69. The van der Waals surface area contributed by atoms with E-state index in [1.54, 1.807) is 6.07 Å². The lowest BCUT2D eigenvalue weighted by molar-refractivity contribution is -0.130. The first kappa shape index (κ1) is 19.2. The number of benzene rings is 1. The number of furan rings is 1. The van der Waals surface area contributed by atoms with E-state index in [4.69, 9.17) is 4.42 Å². The van der Waals surface area contributed by atoms with Crippen molar-refractivity contribution in [3.63, 3.8) is 0 Å². The van der Waals surface area contributed by atoms with Gasteiger partial charge in [0, 0.05) is 45.7 Å². The molecule has 1 aliphatic heterocycles. The molecule has 1 saturated heterocycles. The van der Waals surface area contributed by atoms with Crippen molar-refractivity contribution < 1.29 is 14.0 Å². The molecule has 3 rings (SSSR count). The predicted octanol–water partition coefficient (Wildman–Crippen LogP) is 2.44.